The molecule has 94 valence electrons. The highest BCUT2D eigenvalue weighted by Crippen LogP contribution is 2.22. The lowest BCUT2D eigenvalue weighted by Gasteiger charge is -2.22. The van der Waals surface area contributed by atoms with Crippen LogP contribution in [0.5, 0.6) is 0 Å². The molecule has 0 bridgehead atoms. The van der Waals surface area contributed by atoms with Gasteiger partial charge in [-0.2, -0.15) is 5.26 Å². The Kier molecular flexibility index (Phi) is 4.35. The summed E-state index contributed by atoms with van der Waals surface area (Å²) in [4.78, 5) is 2.24. The summed E-state index contributed by atoms with van der Waals surface area (Å²) in [6.07, 6.45) is 7.69. The van der Waals surface area contributed by atoms with E-state index in [1.54, 1.807) is 12.1 Å². The quantitative estimate of drug-likeness (QED) is 0.741. The lowest BCUT2D eigenvalue weighted by molar-refractivity contribution is 0.623. The van der Waals surface area contributed by atoms with E-state index in [-0.39, 0.29) is 5.82 Å². The maximum atomic E-state index is 13.8. The second kappa shape index (κ2) is 6.20. The van der Waals surface area contributed by atoms with Crippen LogP contribution >= 0.6 is 0 Å². The van der Waals surface area contributed by atoms with Crippen LogP contribution in [0.1, 0.15) is 31.2 Å². The van der Waals surface area contributed by atoms with Gasteiger partial charge in [0.05, 0.1) is 6.07 Å². The minimum absolute atomic E-state index is 0.261. The average Bonchev–Trinajstić information content (AvgIpc) is 2.66. The predicted octanol–water partition coefficient (Wildman–Crippen LogP) is 3.74. The lowest BCUT2D eigenvalue weighted by Crippen LogP contribution is -2.23. The summed E-state index contributed by atoms with van der Waals surface area (Å²) in [7, 11) is 0. The summed E-state index contributed by atoms with van der Waals surface area (Å²) in [5, 5.41) is 8.44. The third kappa shape index (κ3) is 3.10. The van der Waals surface area contributed by atoms with Crippen LogP contribution in [0.15, 0.2) is 24.3 Å². The van der Waals surface area contributed by atoms with Gasteiger partial charge in [-0.25, -0.2) is 4.39 Å². The molecule has 1 fully saturated rings. The van der Waals surface area contributed by atoms with Crippen LogP contribution in [0.25, 0.3) is 6.08 Å². The molecule has 1 aliphatic rings. The van der Waals surface area contributed by atoms with Crippen molar-refractivity contribution in [1.29, 1.82) is 5.26 Å². The Morgan fingerprint density at radius 1 is 1.17 bits per heavy atom. The lowest BCUT2D eigenvalue weighted by atomic mass is 10.1. The molecule has 1 aromatic carbocycles. The number of hydrogen-bond donors (Lipinski definition) is 0. The van der Waals surface area contributed by atoms with Crippen molar-refractivity contribution in [3.8, 4) is 6.07 Å². The number of halogens is 1. The highest BCUT2D eigenvalue weighted by Gasteiger charge is 2.11. The fourth-order valence-electron chi connectivity index (χ4n) is 2.30. The molecule has 1 aromatic rings. The van der Waals surface area contributed by atoms with Crippen molar-refractivity contribution in [2.75, 3.05) is 18.0 Å². The van der Waals surface area contributed by atoms with Crippen LogP contribution in [-0.4, -0.2) is 13.1 Å². The summed E-state index contributed by atoms with van der Waals surface area (Å²) in [5.41, 5.74) is 1.42. The minimum Gasteiger partial charge on any atom is -0.371 e. The molecule has 0 saturated carbocycles. The first kappa shape index (κ1) is 12.6. The van der Waals surface area contributed by atoms with E-state index in [0.717, 1.165) is 18.8 Å². The third-order valence-electron chi connectivity index (χ3n) is 3.29. The van der Waals surface area contributed by atoms with Gasteiger partial charge in [0, 0.05) is 30.4 Å². The molecular formula is C15H17FN2. The fraction of sp³-hybridized carbons (Fsp3) is 0.400. The van der Waals surface area contributed by atoms with Gasteiger partial charge in [0.15, 0.2) is 0 Å². The topological polar surface area (TPSA) is 27.0 Å². The van der Waals surface area contributed by atoms with Crippen LogP contribution in [0.4, 0.5) is 10.1 Å². The molecule has 0 aliphatic carbocycles. The van der Waals surface area contributed by atoms with Crippen molar-refractivity contribution < 1.29 is 4.39 Å². The number of allylic oxidation sites excluding steroid dienone is 1. The molecule has 3 heteroatoms. The van der Waals surface area contributed by atoms with Crippen molar-refractivity contribution in [3.63, 3.8) is 0 Å². The largest absolute Gasteiger partial charge is 0.371 e. The van der Waals surface area contributed by atoms with Gasteiger partial charge in [-0.05, 0) is 37.1 Å². The molecule has 0 amide bonds. The van der Waals surface area contributed by atoms with Crippen LogP contribution in [0, 0.1) is 17.1 Å². The Balaban J connectivity index is 2.17. The SMILES string of the molecule is N#CC=Cc1ccc(N2CCCCCC2)cc1F. The monoisotopic (exact) mass is 244 g/mol. The van der Waals surface area contributed by atoms with E-state index in [1.807, 2.05) is 12.1 Å². The summed E-state index contributed by atoms with van der Waals surface area (Å²) in [5.74, 6) is -0.261. The number of benzene rings is 1. The molecule has 0 unspecified atom stereocenters. The third-order valence-corrected chi connectivity index (χ3v) is 3.29. The van der Waals surface area contributed by atoms with Gasteiger partial charge in [0.2, 0.25) is 0 Å². The van der Waals surface area contributed by atoms with E-state index < -0.39 is 0 Å². The van der Waals surface area contributed by atoms with Gasteiger partial charge < -0.3 is 4.90 Å². The van der Waals surface area contributed by atoms with Crippen LogP contribution in [-0.2, 0) is 0 Å². The molecular weight excluding hydrogens is 227 g/mol. The smallest absolute Gasteiger partial charge is 0.132 e. The summed E-state index contributed by atoms with van der Waals surface area (Å²) >= 11 is 0. The molecule has 1 heterocycles. The van der Waals surface area contributed by atoms with Crippen molar-refractivity contribution >= 4 is 11.8 Å². The Labute approximate surface area is 107 Å². The summed E-state index contributed by atoms with van der Waals surface area (Å²) < 4.78 is 13.8. The van der Waals surface area contributed by atoms with E-state index in [0.29, 0.717) is 5.56 Å². The fourth-order valence-corrected chi connectivity index (χ4v) is 2.30. The number of nitrogens with zero attached hydrogens (tertiary/aromatic N) is 2. The van der Waals surface area contributed by atoms with Crippen molar-refractivity contribution in [1.82, 2.24) is 0 Å². The van der Waals surface area contributed by atoms with E-state index in [2.05, 4.69) is 4.90 Å². The Bertz CT molecular complexity index is 466. The Morgan fingerprint density at radius 3 is 2.50 bits per heavy atom. The zero-order chi connectivity index (χ0) is 12.8. The van der Waals surface area contributed by atoms with Gasteiger partial charge in [0.1, 0.15) is 5.82 Å². The standard InChI is InChI=1S/C15H17FN2/c16-15-12-14(8-7-13(15)6-5-9-17)18-10-3-1-2-4-11-18/h5-8,12H,1-4,10-11H2. The van der Waals surface area contributed by atoms with Crippen LogP contribution < -0.4 is 4.90 Å². The molecule has 0 radical (unpaired) electrons. The number of nitriles is 1. The molecule has 0 spiro atoms. The van der Waals surface area contributed by atoms with Crippen LogP contribution in [0.2, 0.25) is 0 Å². The molecule has 0 N–H and O–H groups in total. The number of hydrogen-bond acceptors (Lipinski definition) is 2. The highest BCUT2D eigenvalue weighted by atomic mass is 19.1. The first-order chi connectivity index (χ1) is 8.81. The van der Waals surface area contributed by atoms with Crippen molar-refractivity contribution in [2.45, 2.75) is 25.7 Å². The second-order valence-electron chi connectivity index (χ2n) is 4.57. The van der Waals surface area contributed by atoms with Crippen molar-refractivity contribution in [2.24, 2.45) is 0 Å². The molecule has 1 saturated heterocycles. The summed E-state index contributed by atoms with van der Waals surface area (Å²) in [6.45, 7) is 2.01. The zero-order valence-electron chi connectivity index (χ0n) is 10.4. The average molecular weight is 244 g/mol. The highest BCUT2D eigenvalue weighted by molar-refractivity contribution is 5.58. The van der Waals surface area contributed by atoms with E-state index in [9.17, 15) is 4.39 Å². The molecule has 0 aromatic heterocycles. The number of anilines is 1. The first-order valence-electron chi connectivity index (χ1n) is 6.42. The summed E-state index contributed by atoms with van der Waals surface area (Å²) in [6, 6.07) is 7.12. The maximum absolute atomic E-state index is 13.8. The predicted molar refractivity (Wildman–Crippen MR) is 71.7 cm³/mol. The number of rotatable bonds is 2. The van der Waals surface area contributed by atoms with Gasteiger partial charge in [-0.3, -0.25) is 0 Å². The van der Waals surface area contributed by atoms with Gasteiger partial charge >= 0.3 is 0 Å². The van der Waals surface area contributed by atoms with E-state index in [4.69, 9.17) is 5.26 Å². The molecule has 2 nitrogen and oxygen atoms in total. The molecule has 18 heavy (non-hydrogen) atoms. The maximum Gasteiger partial charge on any atom is 0.132 e. The zero-order valence-corrected chi connectivity index (χ0v) is 10.4. The van der Waals surface area contributed by atoms with E-state index >= 15 is 0 Å². The van der Waals surface area contributed by atoms with Gasteiger partial charge in [-0.1, -0.05) is 12.8 Å². The van der Waals surface area contributed by atoms with Gasteiger partial charge in [-0.15, -0.1) is 0 Å². The normalized spacial score (nSPS) is 16.6. The molecule has 1 aliphatic heterocycles. The van der Waals surface area contributed by atoms with Crippen molar-refractivity contribution in [3.05, 3.63) is 35.7 Å². The Hall–Kier alpha value is -1.82. The molecule has 0 atom stereocenters. The minimum atomic E-state index is -0.261. The molecule has 2 rings (SSSR count). The Morgan fingerprint density at radius 2 is 1.89 bits per heavy atom. The van der Waals surface area contributed by atoms with Gasteiger partial charge in [0.25, 0.3) is 0 Å². The van der Waals surface area contributed by atoms with E-state index in [1.165, 1.54) is 37.8 Å². The van der Waals surface area contributed by atoms with Crippen LogP contribution in [0.3, 0.4) is 0 Å². The second-order valence-corrected chi connectivity index (χ2v) is 4.57. The first-order valence-corrected chi connectivity index (χ1v) is 6.42.